The van der Waals surface area contributed by atoms with Crippen LogP contribution in [0.4, 0.5) is 0 Å². The topological polar surface area (TPSA) is 89.5 Å². The van der Waals surface area contributed by atoms with Gasteiger partial charge in [-0.05, 0) is 22.5 Å². The summed E-state index contributed by atoms with van der Waals surface area (Å²) in [5.74, 6) is 0. The van der Waals surface area contributed by atoms with Gasteiger partial charge in [0.05, 0.1) is 24.0 Å². The van der Waals surface area contributed by atoms with Gasteiger partial charge in [0.25, 0.3) is 5.54 Å². The molecule has 100 valence electrons. The third kappa shape index (κ3) is 1.74. The van der Waals surface area contributed by atoms with Crippen molar-refractivity contribution in [3.05, 3.63) is 30.8 Å². The highest BCUT2D eigenvalue weighted by Crippen LogP contribution is 2.46. The normalized spacial score (nSPS) is 36.0. The molecular formula is C10H14BrN3O4. The van der Waals surface area contributed by atoms with Crippen LogP contribution >= 0.6 is 15.9 Å². The highest BCUT2D eigenvalue weighted by Gasteiger charge is 2.64. The first-order valence-corrected chi connectivity index (χ1v) is 6.53. The largest absolute Gasteiger partial charge is 0.290 e. The van der Waals surface area contributed by atoms with Gasteiger partial charge in [-0.1, -0.05) is 13.0 Å². The van der Waals surface area contributed by atoms with Crippen LogP contribution in [0.2, 0.25) is 0 Å². The summed E-state index contributed by atoms with van der Waals surface area (Å²) >= 11 is 3.23. The lowest BCUT2D eigenvalue weighted by molar-refractivity contribution is -0.620. The average Bonchev–Trinajstić information content (AvgIpc) is 2.33. The van der Waals surface area contributed by atoms with Crippen molar-refractivity contribution in [2.24, 2.45) is 0 Å². The minimum Gasteiger partial charge on any atom is -0.290 e. The summed E-state index contributed by atoms with van der Waals surface area (Å²) in [5.41, 5.74) is -2.59. The quantitative estimate of drug-likeness (QED) is 0.579. The number of piperidine rings is 1. The Labute approximate surface area is 112 Å². The predicted octanol–water partition coefficient (Wildman–Crippen LogP) is 1.43. The number of hydrogen-bond acceptors (Lipinski definition) is 5. The maximum Gasteiger partial charge on any atom is 0.272 e. The van der Waals surface area contributed by atoms with E-state index >= 15 is 0 Å². The Hall–Kier alpha value is -1.02. The Morgan fingerprint density at radius 3 is 2.56 bits per heavy atom. The summed E-state index contributed by atoms with van der Waals surface area (Å²) in [7, 11) is 0. The van der Waals surface area contributed by atoms with Crippen LogP contribution in [0.1, 0.15) is 19.8 Å². The zero-order chi connectivity index (χ0) is 13.6. The molecule has 0 radical (unpaired) electrons. The van der Waals surface area contributed by atoms with Gasteiger partial charge in [-0.15, -0.1) is 0 Å². The lowest BCUT2D eigenvalue weighted by Crippen LogP contribution is -2.66. The first-order valence-electron chi connectivity index (χ1n) is 5.74. The fourth-order valence-corrected chi connectivity index (χ4v) is 3.47. The summed E-state index contributed by atoms with van der Waals surface area (Å²) in [6.07, 6.45) is 1.81. The molecule has 0 saturated carbocycles. The number of fused-ring (bicyclic) bond motifs is 2. The number of rotatable bonds is 3. The van der Waals surface area contributed by atoms with Crippen molar-refractivity contribution in [2.75, 3.05) is 19.6 Å². The molecule has 2 bridgehead atoms. The number of hydrogen-bond donors (Lipinski definition) is 0. The molecule has 0 N–H and O–H groups in total. The number of likely N-dealkylation sites (N-methyl/N-ethyl adjacent to an activating group) is 1. The molecule has 0 unspecified atom stereocenters. The van der Waals surface area contributed by atoms with E-state index in [1.165, 1.54) is 0 Å². The molecule has 1 aliphatic heterocycles. The van der Waals surface area contributed by atoms with Crippen molar-refractivity contribution >= 4 is 15.9 Å². The molecule has 8 heteroatoms. The van der Waals surface area contributed by atoms with E-state index in [2.05, 4.69) is 15.9 Å². The first kappa shape index (κ1) is 13.4. The smallest absolute Gasteiger partial charge is 0.272 e. The molecule has 0 aromatic heterocycles. The van der Waals surface area contributed by atoms with Crippen LogP contribution in [-0.2, 0) is 0 Å². The fraction of sp³-hybridized carbons (Fsp3) is 0.800. The third-order valence-corrected chi connectivity index (χ3v) is 4.98. The van der Waals surface area contributed by atoms with E-state index in [1.54, 1.807) is 11.0 Å². The monoisotopic (exact) mass is 319 g/mol. The van der Waals surface area contributed by atoms with E-state index in [0.717, 1.165) is 0 Å². The second-order valence-electron chi connectivity index (χ2n) is 5.01. The van der Waals surface area contributed by atoms with Crippen molar-refractivity contribution in [1.82, 2.24) is 4.90 Å². The van der Waals surface area contributed by atoms with Crippen LogP contribution in [0.3, 0.4) is 0 Å². The molecule has 7 nitrogen and oxygen atoms in total. The average molecular weight is 320 g/mol. The maximum absolute atomic E-state index is 11.4. The van der Waals surface area contributed by atoms with Crippen LogP contribution in [0, 0.1) is 20.2 Å². The Morgan fingerprint density at radius 2 is 2.06 bits per heavy atom. The Morgan fingerprint density at radius 1 is 1.39 bits per heavy atom. The Balaban J connectivity index is 2.51. The van der Waals surface area contributed by atoms with E-state index in [4.69, 9.17) is 0 Å². The standard InChI is InChI=1S/C10H14BrN3O4/c1-2-12-6-9(13(15)16)4-3-8(11)10(5-9,7-12)14(17)18/h3H,2,4-7H2,1H3/t9-,10+/m0/s1. The third-order valence-electron chi connectivity index (χ3n) is 3.91. The molecule has 2 atom stereocenters. The summed E-state index contributed by atoms with van der Waals surface area (Å²) in [4.78, 5) is 23.8. The second kappa shape index (κ2) is 4.27. The van der Waals surface area contributed by atoms with E-state index in [9.17, 15) is 20.2 Å². The van der Waals surface area contributed by atoms with Crippen molar-refractivity contribution in [1.29, 1.82) is 0 Å². The van der Waals surface area contributed by atoms with Crippen molar-refractivity contribution < 1.29 is 9.85 Å². The SMILES string of the molecule is CCN1C[C@]2([N+](=O)[O-])CC=C(Br)[C@]([N+](=O)[O-])(C1)C2. The zero-order valence-electron chi connectivity index (χ0n) is 9.97. The van der Waals surface area contributed by atoms with Crippen molar-refractivity contribution in [3.8, 4) is 0 Å². The summed E-state index contributed by atoms with van der Waals surface area (Å²) in [6, 6.07) is 0. The molecule has 0 aromatic rings. The molecule has 2 rings (SSSR count). The maximum atomic E-state index is 11.4. The van der Waals surface area contributed by atoms with E-state index in [-0.39, 0.29) is 35.8 Å². The Bertz CT molecular complexity index is 441. The number of nitro groups is 2. The van der Waals surface area contributed by atoms with Crippen LogP contribution < -0.4 is 0 Å². The summed E-state index contributed by atoms with van der Waals surface area (Å²) in [6.45, 7) is 2.94. The van der Waals surface area contributed by atoms with Gasteiger partial charge in [0, 0.05) is 16.3 Å². The molecule has 18 heavy (non-hydrogen) atoms. The summed E-state index contributed by atoms with van der Waals surface area (Å²) in [5, 5.41) is 22.7. The molecule has 1 fully saturated rings. The van der Waals surface area contributed by atoms with Gasteiger partial charge in [0.1, 0.15) is 0 Å². The van der Waals surface area contributed by atoms with Gasteiger partial charge >= 0.3 is 0 Å². The second-order valence-corrected chi connectivity index (χ2v) is 5.86. The molecular weight excluding hydrogens is 306 g/mol. The number of halogens is 1. The van der Waals surface area contributed by atoms with Crippen LogP contribution in [0.15, 0.2) is 10.6 Å². The lowest BCUT2D eigenvalue weighted by atomic mass is 9.72. The molecule has 0 aromatic carbocycles. The molecule has 1 aliphatic carbocycles. The van der Waals surface area contributed by atoms with E-state index < -0.39 is 11.1 Å². The van der Waals surface area contributed by atoms with Crippen molar-refractivity contribution in [2.45, 2.75) is 30.8 Å². The first-order chi connectivity index (χ1) is 8.36. The molecule has 1 heterocycles. The number of likely N-dealkylation sites (tertiary alicyclic amines) is 1. The van der Waals surface area contributed by atoms with E-state index in [0.29, 0.717) is 11.0 Å². The molecule has 2 aliphatic rings. The molecule has 0 amide bonds. The lowest BCUT2D eigenvalue weighted by Gasteiger charge is -2.44. The van der Waals surface area contributed by atoms with Crippen molar-refractivity contribution in [3.63, 3.8) is 0 Å². The van der Waals surface area contributed by atoms with Gasteiger partial charge in [0.15, 0.2) is 0 Å². The van der Waals surface area contributed by atoms with Crippen LogP contribution in [-0.4, -0.2) is 45.5 Å². The van der Waals surface area contributed by atoms with Gasteiger partial charge in [0.2, 0.25) is 5.54 Å². The summed E-state index contributed by atoms with van der Waals surface area (Å²) < 4.78 is 0.468. The Kier molecular flexibility index (Phi) is 3.18. The minimum absolute atomic E-state index is 0.0341. The zero-order valence-corrected chi connectivity index (χ0v) is 11.6. The highest BCUT2D eigenvalue weighted by atomic mass is 79.9. The minimum atomic E-state index is -1.36. The van der Waals surface area contributed by atoms with Gasteiger partial charge in [-0.2, -0.15) is 0 Å². The molecule has 0 spiro atoms. The number of nitrogens with zero attached hydrogens (tertiary/aromatic N) is 3. The molecule has 1 saturated heterocycles. The highest BCUT2D eigenvalue weighted by molar-refractivity contribution is 9.11. The van der Waals surface area contributed by atoms with Gasteiger partial charge < -0.3 is 0 Å². The van der Waals surface area contributed by atoms with Crippen LogP contribution in [0.5, 0.6) is 0 Å². The van der Waals surface area contributed by atoms with Gasteiger partial charge in [-0.25, -0.2) is 0 Å². The fourth-order valence-electron chi connectivity index (χ4n) is 2.89. The van der Waals surface area contributed by atoms with E-state index in [1.807, 2.05) is 6.92 Å². The van der Waals surface area contributed by atoms with Gasteiger partial charge in [-0.3, -0.25) is 25.1 Å². The van der Waals surface area contributed by atoms with Crippen LogP contribution in [0.25, 0.3) is 0 Å². The predicted molar refractivity (Wildman–Crippen MR) is 67.8 cm³/mol.